The van der Waals surface area contributed by atoms with Crippen LogP contribution in [0.5, 0.6) is 0 Å². The zero-order valence-electron chi connectivity index (χ0n) is 9.52. The van der Waals surface area contributed by atoms with Gasteiger partial charge in [-0.05, 0) is 19.3 Å². The van der Waals surface area contributed by atoms with E-state index in [1.807, 2.05) is 0 Å². The number of nitrogens with one attached hydrogen (secondary N) is 1. The number of hydrogen-bond acceptors (Lipinski definition) is 3. The molecule has 17 heavy (non-hydrogen) atoms. The molecule has 0 aromatic carbocycles. The molecule has 94 valence electrons. The maximum Gasteiger partial charge on any atom is 0.305 e. The number of rotatable bonds is 5. The molecule has 0 aromatic heterocycles. The van der Waals surface area contributed by atoms with E-state index in [2.05, 4.69) is 5.32 Å². The van der Waals surface area contributed by atoms with E-state index in [0.717, 1.165) is 12.8 Å². The molecule has 1 aliphatic carbocycles. The number of carboxylic acids is 1. The van der Waals surface area contributed by atoms with Crippen molar-refractivity contribution in [3.8, 4) is 0 Å². The van der Waals surface area contributed by atoms with E-state index in [0.29, 0.717) is 12.8 Å². The highest BCUT2D eigenvalue weighted by Gasteiger charge is 2.38. The molecule has 1 saturated heterocycles. The van der Waals surface area contributed by atoms with Crippen molar-refractivity contribution in [1.29, 1.82) is 0 Å². The van der Waals surface area contributed by atoms with E-state index >= 15 is 0 Å². The number of carbonyl (C=O) groups excluding carboxylic acids is 2. The van der Waals surface area contributed by atoms with Crippen LogP contribution in [0, 0.1) is 0 Å². The maximum absolute atomic E-state index is 12.1. The molecule has 0 spiro atoms. The lowest BCUT2D eigenvalue weighted by Crippen LogP contribution is -2.46. The Balaban J connectivity index is 1.93. The van der Waals surface area contributed by atoms with E-state index in [9.17, 15) is 14.4 Å². The van der Waals surface area contributed by atoms with Crippen LogP contribution in [0.1, 0.15) is 32.1 Å². The van der Waals surface area contributed by atoms with Crippen molar-refractivity contribution in [2.75, 3.05) is 6.54 Å². The molecular formula is C11H16N2O4. The second kappa shape index (κ2) is 4.73. The Morgan fingerprint density at radius 3 is 2.53 bits per heavy atom. The highest BCUT2D eigenvalue weighted by molar-refractivity contribution is 5.91. The van der Waals surface area contributed by atoms with Gasteiger partial charge in [0.15, 0.2) is 0 Å². The summed E-state index contributed by atoms with van der Waals surface area (Å²) in [5.74, 6) is -1.13. The summed E-state index contributed by atoms with van der Waals surface area (Å²) < 4.78 is 0. The second-order valence-electron chi connectivity index (χ2n) is 4.57. The molecule has 2 aliphatic rings. The van der Waals surface area contributed by atoms with Crippen LogP contribution in [0.3, 0.4) is 0 Å². The van der Waals surface area contributed by atoms with Crippen LogP contribution in [0.2, 0.25) is 0 Å². The molecule has 1 atom stereocenters. The van der Waals surface area contributed by atoms with E-state index < -0.39 is 12.0 Å². The summed E-state index contributed by atoms with van der Waals surface area (Å²) in [6.07, 6.45) is 2.74. The molecule has 1 aliphatic heterocycles. The summed E-state index contributed by atoms with van der Waals surface area (Å²) in [5, 5.41) is 11.3. The molecular weight excluding hydrogens is 224 g/mol. The molecule has 1 saturated carbocycles. The molecule has 2 rings (SSSR count). The fraction of sp³-hybridized carbons (Fsp3) is 0.727. The van der Waals surface area contributed by atoms with Crippen LogP contribution in [0.15, 0.2) is 0 Å². The third-order valence-corrected chi connectivity index (χ3v) is 3.13. The molecule has 2 fully saturated rings. The normalized spacial score (nSPS) is 23.3. The van der Waals surface area contributed by atoms with Gasteiger partial charge in [0, 0.05) is 19.0 Å². The zero-order chi connectivity index (χ0) is 12.4. The lowest BCUT2D eigenvalue weighted by molar-refractivity contribution is -0.139. The standard InChI is InChI=1S/C11H16N2O4/c14-9-4-3-8(12-9)11(17)13(7-1-2-7)6-5-10(15)16/h7-8H,1-6H2,(H,12,14)(H,15,16)/t8-/m1/s1. The number of nitrogens with zero attached hydrogens (tertiary/aromatic N) is 1. The van der Waals surface area contributed by atoms with Crippen LogP contribution in [-0.4, -0.2) is 46.4 Å². The lowest BCUT2D eigenvalue weighted by Gasteiger charge is -2.24. The lowest BCUT2D eigenvalue weighted by atomic mass is 10.2. The van der Waals surface area contributed by atoms with Gasteiger partial charge in [-0.2, -0.15) is 0 Å². The summed E-state index contributed by atoms with van der Waals surface area (Å²) in [6.45, 7) is 0.241. The van der Waals surface area contributed by atoms with E-state index in [1.165, 1.54) is 0 Å². The molecule has 6 nitrogen and oxygen atoms in total. The van der Waals surface area contributed by atoms with Crippen molar-refractivity contribution in [3.63, 3.8) is 0 Å². The number of amides is 2. The van der Waals surface area contributed by atoms with Crippen molar-refractivity contribution >= 4 is 17.8 Å². The Kier molecular flexibility index (Phi) is 3.31. The van der Waals surface area contributed by atoms with E-state index in [1.54, 1.807) is 4.90 Å². The van der Waals surface area contributed by atoms with Crippen molar-refractivity contribution < 1.29 is 19.5 Å². The van der Waals surface area contributed by atoms with Crippen LogP contribution < -0.4 is 5.32 Å². The van der Waals surface area contributed by atoms with Crippen molar-refractivity contribution in [2.24, 2.45) is 0 Å². The summed E-state index contributed by atoms with van der Waals surface area (Å²) in [6, 6.07) is -0.267. The van der Waals surface area contributed by atoms with Gasteiger partial charge in [0.25, 0.3) is 0 Å². The van der Waals surface area contributed by atoms with Gasteiger partial charge in [-0.1, -0.05) is 0 Å². The summed E-state index contributed by atoms with van der Waals surface area (Å²) in [5.41, 5.74) is 0. The monoisotopic (exact) mass is 240 g/mol. The van der Waals surface area contributed by atoms with Crippen molar-refractivity contribution in [1.82, 2.24) is 10.2 Å². The minimum Gasteiger partial charge on any atom is -0.481 e. The fourth-order valence-corrected chi connectivity index (χ4v) is 2.07. The fourth-order valence-electron chi connectivity index (χ4n) is 2.07. The predicted octanol–water partition coefficient (Wildman–Crippen LogP) is -0.269. The molecule has 0 radical (unpaired) electrons. The van der Waals surface area contributed by atoms with Crippen LogP contribution >= 0.6 is 0 Å². The predicted molar refractivity (Wildman–Crippen MR) is 58.2 cm³/mol. The number of carboxylic acid groups (broad SMARTS) is 1. The largest absolute Gasteiger partial charge is 0.481 e. The number of hydrogen-bond donors (Lipinski definition) is 2. The van der Waals surface area contributed by atoms with E-state index in [4.69, 9.17) is 5.11 Å². The molecule has 0 bridgehead atoms. The van der Waals surface area contributed by atoms with Crippen LogP contribution in [-0.2, 0) is 14.4 Å². The third kappa shape index (κ3) is 2.95. The van der Waals surface area contributed by atoms with Gasteiger partial charge in [-0.3, -0.25) is 14.4 Å². The maximum atomic E-state index is 12.1. The molecule has 2 amide bonds. The van der Waals surface area contributed by atoms with Gasteiger partial charge < -0.3 is 15.3 Å². The quantitative estimate of drug-likeness (QED) is 0.692. The summed E-state index contributed by atoms with van der Waals surface area (Å²) in [4.78, 5) is 35.3. The molecule has 0 unspecified atom stereocenters. The zero-order valence-corrected chi connectivity index (χ0v) is 9.52. The number of carbonyl (C=O) groups is 3. The Bertz CT molecular complexity index is 351. The highest BCUT2D eigenvalue weighted by atomic mass is 16.4. The minimum absolute atomic E-state index is 0.0388. The van der Waals surface area contributed by atoms with Gasteiger partial charge in [0.1, 0.15) is 6.04 Å². The first-order chi connectivity index (χ1) is 8.08. The Morgan fingerprint density at radius 2 is 2.06 bits per heavy atom. The van der Waals surface area contributed by atoms with Gasteiger partial charge in [-0.25, -0.2) is 0 Å². The average Bonchev–Trinajstić information content (AvgIpc) is 3.00. The third-order valence-electron chi connectivity index (χ3n) is 3.13. The SMILES string of the molecule is O=C(O)CCN(C(=O)[C@H]1CCC(=O)N1)C1CC1. The first-order valence-electron chi connectivity index (χ1n) is 5.89. The Labute approximate surface area is 99.0 Å². The molecule has 0 aromatic rings. The molecule has 6 heteroatoms. The van der Waals surface area contributed by atoms with Gasteiger partial charge in [0.05, 0.1) is 6.42 Å². The van der Waals surface area contributed by atoms with E-state index in [-0.39, 0.29) is 30.8 Å². The average molecular weight is 240 g/mol. The Hall–Kier alpha value is -1.59. The topological polar surface area (TPSA) is 86.7 Å². The minimum atomic E-state index is -0.904. The van der Waals surface area contributed by atoms with Gasteiger partial charge in [0.2, 0.25) is 11.8 Å². The smallest absolute Gasteiger partial charge is 0.305 e. The Morgan fingerprint density at radius 1 is 1.35 bits per heavy atom. The highest BCUT2D eigenvalue weighted by Crippen LogP contribution is 2.28. The first kappa shape index (κ1) is 11.9. The second-order valence-corrected chi connectivity index (χ2v) is 4.57. The number of aliphatic carboxylic acids is 1. The summed E-state index contributed by atoms with van der Waals surface area (Å²) in [7, 11) is 0. The van der Waals surface area contributed by atoms with Crippen molar-refractivity contribution in [3.05, 3.63) is 0 Å². The summed E-state index contributed by atoms with van der Waals surface area (Å²) >= 11 is 0. The first-order valence-corrected chi connectivity index (χ1v) is 5.89. The van der Waals surface area contributed by atoms with Crippen molar-refractivity contribution in [2.45, 2.75) is 44.2 Å². The van der Waals surface area contributed by atoms with Gasteiger partial charge >= 0.3 is 5.97 Å². The van der Waals surface area contributed by atoms with Gasteiger partial charge in [-0.15, -0.1) is 0 Å². The van der Waals surface area contributed by atoms with Crippen LogP contribution in [0.4, 0.5) is 0 Å². The molecule has 1 heterocycles. The molecule has 2 N–H and O–H groups in total. The van der Waals surface area contributed by atoms with Crippen LogP contribution in [0.25, 0.3) is 0 Å².